The van der Waals surface area contributed by atoms with Crippen LogP contribution in [0, 0.1) is 16.0 Å². The van der Waals surface area contributed by atoms with E-state index >= 15 is 0 Å². The van der Waals surface area contributed by atoms with Crippen molar-refractivity contribution in [3.8, 4) is 0 Å². The number of amides is 1. The second-order valence-corrected chi connectivity index (χ2v) is 5.37. The van der Waals surface area contributed by atoms with E-state index in [1.54, 1.807) is 0 Å². The molecule has 1 N–H and O–H groups in total. The number of likely N-dealkylation sites (tertiary alicyclic amines) is 1. The molecular weight excluding hydrogens is 274 g/mol. The van der Waals surface area contributed by atoms with E-state index in [9.17, 15) is 14.9 Å². The lowest BCUT2D eigenvalue weighted by molar-refractivity contribution is -0.385. The van der Waals surface area contributed by atoms with Gasteiger partial charge in [0.2, 0.25) is 5.91 Å². The molecular formula is C13H21N5O3. The molecule has 1 aliphatic rings. The normalized spacial score (nSPS) is 16.1. The van der Waals surface area contributed by atoms with Crippen LogP contribution < -0.4 is 5.32 Å². The summed E-state index contributed by atoms with van der Waals surface area (Å²) in [5.41, 5.74) is -0.0893. The largest absolute Gasteiger partial charge is 0.341 e. The number of nitrogens with one attached hydrogen (secondary N) is 1. The monoisotopic (exact) mass is 295 g/mol. The number of rotatable bonds is 6. The number of nitro groups is 1. The Morgan fingerprint density at radius 3 is 2.81 bits per heavy atom. The van der Waals surface area contributed by atoms with Crippen molar-refractivity contribution in [2.45, 2.75) is 25.8 Å². The van der Waals surface area contributed by atoms with Gasteiger partial charge in [0.05, 0.1) is 4.92 Å². The molecule has 21 heavy (non-hydrogen) atoms. The van der Waals surface area contributed by atoms with Gasteiger partial charge >= 0.3 is 5.69 Å². The number of hydrogen-bond acceptors (Lipinski definition) is 5. The summed E-state index contributed by atoms with van der Waals surface area (Å²) in [6, 6.07) is 0. The lowest BCUT2D eigenvalue weighted by Gasteiger charge is -2.32. The predicted molar refractivity (Wildman–Crippen MR) is 76.7 cm³/mol. The fraction of sp³-hybridized carbons (Fsp3) is 0.692. The number of carbonyl (C=O) groups excluding carboxylic acids is 1. The molecule has 1 aromatic rings. The van der Waals surface area contributed by atoms with Gasteiger partial charge in [0, 0.05) is 13.1 Å². The van der Waals surface area contributed by atoms with Crippen LogP contribution >= 0.6 is 0 Å². The Bertz CT molecular complexity index is 494. The van der Waals surface area contributed by atoms with E-state index in [2.05, 4.69) is 10.4 Å². The van der Waals surface area contributed by atoms with Gasteiger partial charge in [0.1, 0.15) is 18.9 Å². The lowest BCUT2D eigenvalue weighted by Crippen LogP contribution is -2.40. The van der Waals surface area contributed by atoms with Crippen molar-refractivity contribution in [2.75, 3.05) is 26.7 Å². The molecule has 2 heterocycles. The number of hydrogen-bond donors (Lipinski definition) is 1. The summed E-state index contributed by atoms with van der Waals surface area (Å²) >= 11 is 0. The van der Waals surface area contributed by atoms with Crippen LogP contribution in [-0.4, -0.2) is 52.2 Å². The summed E-state index contributed by atoms with van der Waals surface area (Å²) in [6.45, 7) is 2.59. The van der Waals surface area contributed by atoms with Crippen molar-refractivity contribution < 1.29 is 9.72 Å². The zero-order valence-corrected chi connectivity index (χ0v) is 12.2. The molecule has 0 atom stereocenters. The van der Waals surface area contributed by atoms with Gasteiger partial charge < -0.3 is 10.2 Å². The van der Waals surface area contributed by atoms with Gasteiger partial charge in [-0.15, -0.1) is 0 Å². The van der Waals surface area contributed by atoms with E-state index in [1.807, 2.05) is 11.9 Å². The van der Waals surface area contributed by atoms with Crippen molar-refractivity contribution >= 4 is 11.6 Å². The SMILES string of the molecule is CNCCC1CCN(C(=O)Cn2cc([N+](=O)[O-])cn2)CC1. The van der Waals surface area contributed by atoms with Crippen LogP contribution in [0.25, 0.3) is 0 Å². The fourth-order valence-electron chi connectivity index (χ4n) is 2.59. The average Bonchev–Trinajstić information content (AvgIpc) is 2.94. The first-order valence-corrected chi connectivity index (χ1v) is 7.19. The van der Waals surface area contributed by atoms with E-state index in [0.29, 0.717) is 5.92 Å². The maximum Gasteiger partial charge on any atom is 0.307 e. The van der Waals surface area contributed by atoms with Crippen LogP contribution in [0.3, 0.4) is 0 Å². The maximum atomic E-state index is 12.2. The maximum absolute atomic E-state index is 12.2. The van der Waals surface area contributed by atoms with Gasteiger partial charge in [-0.1, -0.05) is 0 Å². The van der Waals surface area contributed by atoms with Gasteiger partial charge in [0.25, 0.3) is 0 Å². The first-order valence-electron chi connectivity index (χ1n) is 7.19. The van der Waals surface area contributed by atoms with Gasteiger partial charge in [-0.3, -0.25) is 19.6 Å². The second kappa shape index (κ2) is 7.16. The Morgan fingerprint density at radius 1 is 1.52 bits per heavy atom. The van der Waals surface area contributed by atoms with Crippen molar-refractivity contribution in [2.24, 2.45) is 5.92 Å². The van der Waals surface area contributed by atoms with Gasteiger partial charge in [-0.05, 0) is 38.8 Å². The highest BCUT2D eigenvalue weighted by atomic mass is 16.6. The zero-order valence-electron chi connectivity index (χ0n) is 12.2. The third-order valence-corrected chi connectivity index (χ3v) is 3.90. The molecule has 0 saturated carbocycles. The molecule has 1 aliphatic heterocycles. The van der Waals surface area contributed by atoms with E-state index in [1.165, 1.54) is 10.9 Å². The van der Waals surface area contributed by atoms with Crippen LogP contribution in [0.2, 0.25) is 0 Å². The molecule has 1 aromatic heterocycles. The minimum Gasteiger partial charge on any atom is -0.341 e. The third-order valence-electron chi connectivity index (χ3n) is 3.90. The molecule has 0 aliphatic carbocycles. The predicted octanol–water partition coefficient (Wildman–Crippen LogP) is 0.639. The van der Waals surface area contributed by atoms with Crippen LogP contribution in [0.1, 0.15) is 19.3 Å². The molecule has 1 fully saturated rings. The topological polar surface area (TPSA) is 93.3 Å². The Hall–Kier alpha value is -1.96. The minimum absolute atomic E-state index is 0.0277. The van der Waals surface area contributed by atoms with Crippen LogP contribution in [0.4, 0.5) is 5.69 Å². The molecule has 8 nitrogen and oxygen atoms in total. The molecule has 1 amide bonds. The molecule has 0 aromatic carbocycles. The van der Waals surface area contributed by atoms with Crippen molar-refractivity contribution in [3.63, 3.8) is 0 Å². The van der Waals surface area contributed by atoms with Crippen molar-refractivity contribution in [3.05, 3.63) is 22.5 Å². The highest BCUT2D eigenvalue weighted by Crippen LogP contribution is 2.20. The lowest BCUT2D eigenvalue weighted by atomic mass is 9.93. The standard InChI is InChI=1S/C13H21N5O3/c1-14-5-2-11-3-6-16(7-4-11)13(19)10-17-9-12(8-15-17)18(20)21/h8-9,11,14H,2-7,10H2,1H3. The smallest absolute Gasteiger partial charge is 0.307 e. The average molecular weight is 295 g/mol. The summed E-state index contributed by atoms with van der Waals surface area (Å²) in [5.74, 6) is 0.646. The molecule has 116 valence electrons. The number of piperidine rings is 1. The van der Waals surface area contributed by atoms with Crippen LogP contribution in [-0.2, 0) is 11.3 Å². The highest BCUT2D eigenvalue weighted by Gasteiger charge is 2.23. The summed E-state index contributed by atoms with van der Waals surface area (Å²) in [5, 5.41) is 17.6. The van der Waals surface area contributed by atoms with Crippen molar-refractivity contribution in [1.29, 1.82) is 0 Å². The van der Waals surface area contributed by atoms with E-state index in [0.717, 1.165) is 45.1 Å². The summed E-state index contributed by atoms with van der Waals surface area (Å²) in [4.78, 5) is 24.0. The summed E-state index contributed by atoms with van der Waals surface area (Å²) < 4.78 is 1.33. The van der Waals surface area contributed by atoms with Crippen LogP contribution in [0.5, 0.6) is 0 Å². The Balaban J connectivity index is 1.80. The number of aromatic nitrogens is 2. The van der Waals surface area contributed by atoms with Gasteiger partial charge in [-0.25, -0.2) is 0 Å². The molecule has 2 rings (SSSR count). The van der Waals surface area contributed by atoms with E-state index in [4.69, 9.17) is 0 Å². The molecule has 0 bridgehead atoms. The Labute approximate surface area is 123 Å². The first kappa shape index (κ1) is 15.4. The third kappa shape index (κ3) is 4.25. The zero-order chi connectivity index (χ0) is 15.2. The second-order valence-electron chi connectivity index (χ2n) is 5.37. The van der Waals surface area contributed by atoms with Crippen LogP contribution in [0.15, 0.2) is 12.4 Å². The molecule has 0 unspecified atom stereocenters. The summed E-state index contributed by atoms with van der Waals surface area (Å²) in [6.07, 6.45) is 5.64. The minimum atomic E-state index is -0.513. The van der Waals surface area contributed by atoms with Gasteiger partial charge in [-0.2, -0.15) is 5.10 Å². The van der Waals surface area contributed by atoms with E-state index in [-0.39, 0.29) is 18.1 Å². The number of carbonyl (C=O) groups is 1. The van der Waals surface area contributed by atoms with Gasteiger partial charge in [0.15, 0.2) is 0 Å². The number of nitrogens with zero attached hydrogens (tertiary/aromatic N) is 4. The van der Waals surface area contributed by atoms with E-state index < -0.39 is 4.92 Å². The quantitative estimate of drug-likeness (QED) is 0.614. The first-order chi connectivity index (χ1) is 10.1. The molecule has 8 heteroatoms. The van der Waals surface area contributed by atoms with Crippen molar-refractivity contribution in [1.82, 2.24) is 20.0 Å². The fourth-order valence-corrected chi connectivity index (χ4v) is 2.59. The Morgan fingerprint density at radius 2 is 2.24 bits per heavy atom. The molecule has 0 spiro atoms. The highest BCUT2D eigenvalue weighted by molar-refractivity contribution is 5.76. The Kier molecular flexibility index (Phi) is 5.26. The molecule has 1 saturated heterocycles. The summed E-state index contributed by atoms with van der Waals surface area (Å²) in [7, 11) is 1.95. The molecule has 0 radical (unpaired) electrons.